The molecule has 4 rings (SSSR count). The molecule has 1 atom stereocenters. The quantitative estimate of drug-likeness (QED) is 0.567. The number of hydrogen-bond acceptors (Lipinski definition) is 7. The molecule has 0 aliphatic carbocycles. The van der Waals surface area contributed by atoms with Crippen LogP contribution in [0.3, 0.4) is 0 Å². The van der Waals surface area contributed by atoms with Crippen molar-refractivity contribution in [3.05, 3.63) is 48.0 Å². The molecular weight excluding hydrogens is 438 g/mol. The Bertz CT molecular complexity index is 1050. The number of amides is 2. The second kappa shape index (κ2) is 10.6. The third-order valence-corrected chi connectivity index (χ3v) is 6.09. The number of benzene rings is 2. The maximum absolute atomic E-state index is 12.8. The first-order valence-corrected chi connectivity index (χ1v) is 11.5. The highest BCUT2D eigenvalue weighted by Crippen LogP contribution is 2.37. The Morgan fingerprint density at radius 3 is 2.56 bits per heavy atom. The molecule has 1 fully saturated rings. The van der Waals surface area contributed by atoms with Crippen LogP contribution in [0.2, 0.25) is 0 Å². The Morgan fingerprint density at radius 2 is 1.82 bits per heavy atom. The van der Waals surface area contributed by atoms with Crippen molar-refractivity contribution in [3.63, 3.8) is 0 Å². The average Bonchev–Trinajstić information content (AvgIpc) is 3.48. The van der Waals surface area contributed by atoms with Gasteiger partial charge in [-0.15, -0.1) is 0 Å². The van der Waals surface area contributed by atoms with Gasteiger partial charge in [-0.25, -0.2) is 4.79 Å². The Morgan fingerprint density at radius 1 is 1.09 bits per heavy atom. The van der Waals surface area contributed by atoms with Crippen LogP contribution in [-0.2, 0) is 14.3 Å². The van der Waals surface area contributed by atoms with Crippen LogP contribution < -0.4 is 19.7 Å². The summed E-state index contributed by atoms with van der Waals surface area (Å²) < 4.78 is 16.0. The number of esters is 1. The Kier molecular flexibility index (Phi) is 7.32. The predicted octanol–water partition coefficient (Wildman–Crippen LogP) is 2.91. The molecule has 34 heavy (non-hydrogen) atoms. The van der Waals surface area contributed by atoms with E-state index in [9.17, 15) is 14.4 Å². The molecule has 0 spiro atoms. The number of ether oxygens (including phenoxy) is 3. The highest BCUT2D eigenvalue weighted by molar-refractivity contribution is 6.03. The van der Waals surface area contributed by atoms with Crippen molar-refractivity contribution < 1.29 is 28.6 Å². The summed E-state index contributed by atoms with van der Waals surface area (Å²) in [6, 6.07) is 11.8. The van der Waals surface area contributed by atoms with Gasteiger partial charge in [0.15, 0.2) is 11.5 Å². The monoisotopic (exact) mass is 467 g/mol. The summed E-state index contributed by atoms with van der Waals surface area (Å²) in [6.07, 6.45) is 0.122. The van der Waals surface area contributed by atoms with Crippen molar-refractivity contribution in [3.8, 4) is 11.5 Å². The van der Waals surface area contributed by atoms with Gasteiger partial charge in [0, 0.05) is 37.0 Å². The second-order valence-electron chi connectivity index (χ2n) is 8.17. The van der Waals surface area contributed by atoms with E-state index in [-0.39, 0.29) is 31.6 Å². The van der Waals surface area contributed by atoms with Crippen LogP contribution >= 0.6 is 0 Å². The number of carbonyl (C=O) groups excluding carboxylic acids is 3. The normalized spacial score (nSPS) is 16.7. The van der Waals surface area contributed by atoms with Crippen molar-refractivity contribution in [2.45, 2.75) is 20.3 Å². The summed E-state index contributed by atoms with van der Waals surface area (Å²) in [5.74, 6) is -0.0211. The molecule has 0 aromatic heterocycles. The fourth-order valence-electron chi connectivity index (χ4n) is 4.01. The van der Waals surface area contributed by atoms with Crippen molar-refractivity contribution >= 4 is 29.2 Å². The summed E-state index contributed by atoms with van der Waals surface area (Å²) in [6.45, 7) is 7.40. The van der Waals surface area contributed by atoms with Gasteiger partial charge in [0.1, 0.15) is 6.61 Å². The summed E-state index contributed by atoms with van der Waals surface area (Å²) in [7, 11) is 0. The van der Waals surface area contributed by atoms with Gasteiger partial charge < -0.3 is 29.3 Å². The Balaban J connectivity index is 1.30. The van der Waals surface area contributed by atoms with Gasteiger partial charge in [0.2, 0.25) is 18.6 Å². The maximum Gasteiger partial charge on any atom is 0.338 e. The lowest BCUT2D eigenvalue weighted by atomic mass is 10.1. The average molecular weight is 468 g/mol. The summed E-state index contributed by atoms with van der Waals surface area (Å²) in [5.41, 5.74) is 1.65. The number of nitrogens with zero attached hydrogens (tertiary/aromatic N) is 2. The van der Waals surface area contributed by atoms with Gasteiger partial charge in [0.25, 0.3) is 0 Å². The smallest absolute Gasteiger partial charge is 0.338 e. The number of anilines is 2. The van der Waals surface area contributed by atoms with Gasteiger partial charge >= 0.3 is 5.97 Å². The maximum atomic E-state index is 12.8. The molecule has 2 aromatic rings. The van der Waals surface area contributed by atoms with Crippen LogP contribution in [0.15, 0.2) is 42.5 Å². The first kappa shape index (κ1) is 23.6. The van der Waals surface area contributed by atoms with Crippen LogP contribution in [-0.4, -0.2) is 62.3 Å². The van der Waals surface area contributed by atoms with E-state index in [1.165, 1.54) is 0 Å². The number of hydrogen-bond donors (Lipinski definition) is 1. The highest BCUT2D eigenvalue weighted by Gasteiger charge is 2.35. The molecule has 9 heteroatoms. The van der Waals surface area contributed by atoms with E-state index in [0.717, 1.165) is 13.1 Å². The minimum Gasteiger partial charge on any atom is -0.461 e. The fraction of sp³-hybridized carbons (Fsp3) is 0.400. The third kappa shape index (κ3) is 5.31. The second-order valence-corrected chi connectivity index (χ2v) is 8.17. The molecule has 2 aromatic carbocycles. The molecule has 1 N–H and O–H groups in total. The topological polar surface area (TPSA) is 97.4 Å². The molecule has 9 nitrogen and oxygen atoms in total. The molecule has 2 amide bonds. The van der Waals surface area contributed by atoms with E-state index in [0.29, 0.717) is 41.6 Å². The molecule has 0 saturated carbocycles. The Labute approximate surface area is 198 Å². The molecule has 2 heterocycles. The van der Waals surface area contributed by atoms with E-state index in [1.807, 2.05) is 0 Å². The van der Waals surface area contributed by atoms with Gasteiger partial charge in [0.05, 0.1) is 11.5 Å². The van der Waals surface area contributed by atoms with Crippen molar-refractivity contribution in [2.24, 2.45) is 5.92 Å². The zero-order valence-electron chi connectivity index (χ0n) is 19.4. The van der Waals surface area contributed by atoms with Crippen LogP contribution in [0.4, 0.5) is 11.4 Å². The molecule has 2 aliphatic heterocycles. The lowest BCUT2D eigenvalue weighted by Crippen LogP contribution is -2.28. The standard InChI is InChI=1S/C25H29N3O6/c1-3-27(4-2)11-12-32-25(31)17-5-7-19(8-6-17)26-24(30)18-13-23(29)28(15-18)20-9-10-21-22(14-20)34-16-33-21/h5-10,14,18H,3-4,11-13,15-16H2,1-2H3,(H,26,30). The van der Waals surface area contributed by atoms with Gasteiger partial charge in [-0.05, 0) is 49.5 Å². The van der Waals surface area contributed by atoms with Gasteiger partial charge in [-0.3, -0.25) is 9.59 Å². The van der Waals surface area contributed by atoms with Gasteiger partial charge in [-0.2, -0.15) is 0 Å². The highest BCUT2D eigenvalue weighted by atomic mass is 16.7. The summed E-state index contributed by atoms with van der Waals surface area (Å²) >= 11 is 0. The largest absolute Gasteiger partial charge is 0.461 e. The third-order valence-electron chi connectivity index (χ3n) is 6.09. The zero-order chi connectivity index (χ0) is 24.1. The number of rotatable bonds is 9. The zero-order valence-corrected chi connectivity index (χ0v) is 19.4. The van der Waals surface area contributed by atoms with E-state index < -0.39 is 11.9 Å². The number of likely N-dealkylation sites (N-methyl/N-ethyl adjacent to an activating group) is 1. The minimum absolute atomic E-state index is 0.122. The Hall–Kier alpha value is -3.59. The van der Waals surface area contributed by atoms with Crippen LogP contribution in [0.5, 0.6) is 11.5 Å². The van der Waals surface area contributed by atoms with Crippen molar-refractivity contribution in [2.75, 3.05) is 49.8 Å². The predicted molar refractivity (Wildman–Crippen MR) is 126 cm³/mol. The van der Waals surface area contributed by atoms with Crippen molar-refractivity contribution in [1.82, 2.24) is 4.90 Å². The van der Waals surface area contributed by atoms with Crippen molar-refractivity contribution in [1.29, 1.82) is 0 Å². The fourth-order valence-corrected chi connectivity index (χ4v) is 4.01. The van der Waals surface area contributed by atoms with E-state index in [4.69, 9.17) is 14.2 Å². The first-order chi connectivity index (χ1) is 16.5. The van der Waals surface area contributed by atoms with Gasteiger partial charge in [-0.1, -0.05) is 13.8 Å². The molecule has 0 radical (unpaired) electrons. The molecule has 1 saturated heterocycles. The minimum atomic E-state index is -0.484. The van der Waals surface area contributed by atoms with E-state index in [1.54, 1.807) is 47.4 Å². The molecule has 1 unspecified atom stereocenters. The first-order valence-electron chi connectivity index (χ1n) is 11.5. The van der Waals surface area contributed by atoms with E-state index >= 15 is 0 Å². The lowest BCUT2D eigenvalue weighted by Gasteiger charge is -2.17. The molecular formula is C25H29N3O6. The number of carbonyl (C=O) groups is 3. The molecule has 2 aliphatic rings. The van der Waals surface area contributed by atoms with Crippen LogP contribution in [0, 0.1) is 5.92 Å². The SMILES string of the molecule is CCN(CC)CCOC(=O)c1ccc(NC(=O)C2CC(=O)N(c3ccc4c(c3)OCO4)C2)cc1. The number of fused-ring (bicyclic) bond motifs is 1. The molecule has 0 bridgehead atoms. The van der Waals surface area contributed by atoms with Crippen LogP contribution in [0.1, 0.15) is 30.6 Å². The molecule has 180 valence electrons. The summed E-state index contributed by atoms with van der Waals surface area (Å²) in [5, 5.41) is 2.84. The van der Waals surface area contributed by atoms with Crippen LogP contribution in [0.25, 0.3) is 0 Å². The lowest BCUT2D eigenvalue weighted by molar-refractivity contribution is -0.122. The summed E-state index contributed by atoms with van der Waals surface area (Å²) in [4.78, 5) is 41.3. The van der Waals surface area contributed by atoms with E-state index in [2.05, 4.69) is 24.1 Å². The number of nitrogens with one attached hydrogen (secondary N) is 1.